The fourth-order valence-corrected chi connectivity index (χ4v) is 2.63. The molecule has 0 amide bonds. The van der Waals surface area contributed by atoms with Crippen LogP contribution < -0.4 is 5.32 Å². The van der Waals surface area contributed by atoms with Crippen molar-refractivity contribution in [1.29, 1.82) is 0 Å². The third kappa shape index (κ3) is 4.82. The molecule has 1 aromatic rings. The van der Waals surface area contributed by atoms with Crippen LogP contribution in [-0.2, 0) is 21.3 Å². The number of hydrogen-bond acceptors (Lipinski definition) is 5. The highest BCUT2D eigenvalue weighted by Gasteiger charge is 2.21. The van der Waals surface area contributed by atoms with Crippen LogP contribution in [0.3, 0.4) is 0 Å². The van der Waals surface area contributed by atoms with Crippen LogP contribution in [0.2, 0.25) is 0 Å². The number of likely N-dealkylation sites (N-methyl/N-ethyl adjacent to an activating group) is 1. The van der Waals surface area contributed by atoms with Gasteiger partial charge in [0.25, 0.3) is 10.0 Å². The number of pyridine rings is 1. The van der Waals surface area contributed by atoms with Gasteiger partial charge in [-0.05, 0) is 32.5 Å². The Morgan fingerprint density at radius 2 is 2.10 bits per heavy atom. The SMILES string of the molecule is CNCc1ccc(S(=O)(=O)N(C)CCOC(C)C)nc1. The highest BCUT2D eigenvalue weighted by molar-refractivity contribution is 7.89. The standard InChI is InChI=1S/C13H23N3O3S/c1-11(2)19-8-7-16(4)20(17,18)13-6-5-12(9-14-3)10-15-13/h5-6,10-11,14H,7-9H2,1-4H3. The van der Waals surface area contributed by atoms with Gasteiger partial charge < -0.3 is 10.1 Å². The van der Waals surface area contributed by atoms with Crippen molar-refractivity contribution in [3.8, 4) is 0 Å². The van der Waals surface area contributed by atoms with Gasteiger partial charge in [0.15, 0.2) is 5.03 Å². The molecule has 114 valence electrons. The Bertz CT molecular complexity index is 500. The maximum atomic E-state index is 12.3. The van der Waals surface area contributed by atoms with Crippen molar-refractivity contribution in [2.75, 3.05) is 27.2 Å². The molecule has 20 heavy (non-hydrogen) atoms. The van der Waals surface area contributed by atoms with Crippen molar-refractivity contribution in [2.24, 2.45) is 0 Å². The molecule has 0 spiro atoms. The summed E-state index contributed by atoms with van der Waals surface area (Å²) < 4.78 is 31.2. The maximum Gasteiger partial charge on any atom is 0.260 e. The van der Waals surface area contributed by atoms with Crippen molar-refractivity contribution < 1.29 is 13.2 Å². The zero-order valence-corrected chi connectivity index (χ0v) is 13.3. The van der Waals surface area contributed by atoms with Gasteiger partial charge >= 0.3 is 0 Å². The second-order valence-corrected chi connectivity index (χ2v) is 6.77. The van der Waals surface area contributed by atoms with E-state index in [0.29, 0.717) is 19.7 Å². The first-order valence-electron chi connectivity index (χ1n) is 6.55. The van der Waals surface area contributed by atoms with Crippen LogP contribution in [-0.4, -0.2) is 51.1 Å². The first-order chi connectivity index (χ1) is 9.37. The van der Waals surface area contributed by atoms with Gasteiger partial charge in [-0.2, -0.15) is 4.31 Å². The minimum Gasteiger partial charge on any atom is -0.377 e. The molecule has 1 heterocycles. The van der Waals surface area contributed by atoms with Crippen molar-refractivity contribution in [3.63, 3.8) is 0 Å². The second kappa shape index (κ2) is 7.68. The van der Waals surface area contributed by atoms with E-state index in [1.54, 1.807) is 12.3 Å². The third-order valence-corrected chi connectivity index (χ3v) is 4.48. The Morgan fingerprint density at radius 3 is 2.60 bits per heavy atom. The summed E-state index contributed by atoms with van der Waals surface area (Å²) in [6.07, 6.45) is 1.66. The van der Waals surface area contributed by atoms with E-state index < -0.39 is 10.0 Å². The number of nitrogens with zero attached hydrogens (tertiary/aromatic N) is 2. The van der Waals surface area contributed by atoms with Gasteiger partial charge in [-0.25, -0.2) is 13.4 Å². The van der Waals surface area contributed by atoms with Crippen molar-refractivity contribution in [1.82, 2.24) is 14.6 Å². The summed E-state index contributed by atoms with van der Waals surface area (Å²) in [6.45, 7) is 5.16. The van der Waals surface area contributed by atoms with Gasteiger partial charge in [-0.1, -0.05) is 6.07 Å². The van der Waals surface area contributed by atoms with E-state index in [2.05, 4.69) is 10.3 Å². The van der Waals surface area contributed by atoms with Crippen LogP contribution in [0.15, 0.2) is 23.4 Å². The number of nitrogens with one attached hydrogen (secondary N) is 1. The molecule has 0 saturated heterocycles. The van der Waals surface area contributed by atoms with E-state index in [-0.39, 0.29) is 11.1 Å². The molecule has 6 nitrogen and oxygen atoms in total. The molecule has 0 aliphatic rings. The van der Waals surface area contributed by atoms with E-state index in [0.717, 1.165) is 5.56 Å². The van der Waals surface area contributed by atoms with E-state index >= 15 is 0 Å². The molecule has 7 heteroatoms. The zero-order chi connectivity index (χ0) is 15.2. The van der Waals surface area contributed by atoms with Gasteiger partial charge in [0.05, 0.1) is 12.7 Å². The molecular weight excluding hydrogens is 278 g/mol. The Kier molecular flexibility index (Phi) is 6.54. The van der Waals surface area contributed by atoms with Gasteiger partial charge in [0.2, 0.25) is 0 Å². The molecule has 0 aromatic carbocycles. The summed E-state index contributed by atoms with van der Waals surface area (Å²) in [4.78, 5) is 4.02. The smallest absolute Gasteiger partial charge is 0.260 e. The lowest BCUT2D eigenvalue weighted by atomic mass is 10.3. The molecule has 0 saturated carbocycles. The molecule has 0 unspecified atom stereocenters. The maximum absolute atomic E-state index is 12.3. The lowest BCUT2D eigenvalue weighted by molar-refractivity contribution is 0.0737. The Balaban J connectivity index is 2.71. The summed E-state index contributed by atoms with van der Waals surface area (Å²) in [5, 5.41) is 3.05. The molecule has 0 aliphatic carbocycles. The van der Waals surface area contributed by atoms with Crippen molar-refractivity contribution >= 4 is 10.0 Å². The fraction of sp³-hybridized carbons (Fsp3) is 0.615. The Hall–Kier alpha value is -1.02. The number of aromatic nitrogens is 1. The molecule has 0 aliphatic heterocycles. The number of hydrogen-bond donors (Lipinski definition) is 1. The second-order valence-electron chi connectivity index (χ2n) is 4.78. The summed E-state index contributed by atoms with van der Waals surface area (Å²) in [6, 6.07) is 3.29. The highest BCUT2D eigenvalue weighted by atomic mass is 32.2. The van der Waals surface area contributed by atoms with Crippen LogP contribution in [0, 0.1) is 0 Å². The predicted molar refractivity (Wildman–Crippen MR) is 77.9 cm³/mol. The average molecular weight is 301 g/mol. The minimum atomic E-state index is -3.55. The Labute approximate surface area is 121 Å². The lowest BCUT2D eigenvalue weighted by Gasteiger charge is -2.17. The van der Waals surface area contributed by atoms with Gasteiger partial charge in [0, 0.05) is 26.3 Å². The van der Waals surface area contributed by atoms with E-state index in [1.807, 2.05) is 20.9 Å². The van der Waals surface area contributed by atoms with Crippen LogP contribution in [0.4, 0.5) is 0 Å². The first-order valence-corrected chi connectivity index (χ1v) is 7.99. The largest absolute Gasteiger partial charge is 0.377 e. The molecule has 0 bridgehead atoms. The van der Waals surface area contributed by atoms with Gasteiger partial charge in [-0.15, -0.1) is 0 Å². The minimum absolute atomic E-state index is 0.0596. The number of sulfonamides is 1. The monoisotopic (exact) mass is 301 g/mol. The average Bonchev–Trinajstić information content (AvgIpc) is 2.39. The van der Waals surface area contributed by atoms with E-state index in [1.165, 1.54) is 17.4 Å². The summed E-state index contributed by atoms with van der Waals surface area (Å²) in [7, 11) is -0.190. The van der Waals surface area contributed by atoms with Crippen molar-refractivity contribution in [2.45, 2.75) is 31.5 Å². The van der Waals surface area contributed by atoms with Crippen molar-refractivity contribution in [3.05, 3.63) is 23.9 Å². The summed E-state index contributed by atoms with van der Waals surface area (Å²) in [5.74, 6) is 0. The zero-order valence-electron chi connectivity index (χ0n) is 12.5. The summed E-state index contributed by atoms with van der Waals surface area (Å²) in [5.41, 5.74) is 0.942. The summed E-state index contributed by atoms with van der Waals surface area (Å²) >= 11 is 0. The lowest BCUT2D eigenvalue weighted by Crippen LogP contribution is -2.31. The normalized spacial score (nSPS) is 12.3. The molecule has 0 atom stereocenters. The molecule has 1 aromatic heterocycles. The molecule has 0 fully saturated rings. The highest BCUT2D eigenvalue weighted by Crippen LogP contribution is 2.12. The van der Waals surface area contributed by atoms with Gasteiger partial charge in [0.1, 0.15) is 0 Å². The Morgan fingerprint density at radius 1 is 1.40 bits per heavy atom. The first kappa shape index (κ1) is 17.0. The topological polar surface area (TPSA) is 71.5 Å². The molecular formula is C13H23N3O3S. The van der Waals surface area contributed by atoms with Crippen LogP contribution in [0.5, 0.6) is 0 Å². The van der Waals surface area contributed by atoms with E-state index in [4.69, 9.17) is 4.74 Å². The third-order valence-electron chi connectivity index (χ3n) is 2.71. The predicted octanol–water partition coefficient (Wildman–Crippen LogP) is 0.846. The number of ether oxygens (including phenoxy) is 1. The van der Waals surface area contributed by atoms with E-state index in [9.17, 15) is 8.42 Å². The quantitative estimate of drug-likeness (QED) is 0.770. The molecule has 1 N–H and O–H groups in total. The van der Waals surface area contributed by atoms with Crippen LogP contribution in [0.1, 0.15) is 19.4 Å². The number of rotatable bonds is 8. The van der Waals surface area contributed by atoms with Crippen LogP contribution in [0.25, 0.3) is 0 Å². The van der Waals surface area contributed by atoms with Gasteiger partial charge in [-0.3, -0.25) is 0 Å². The molecule has 1 rings (SSSR count). The van der Waals surface area contributed by atoms with Crippen LogP contribution >= 0.6 is 0 Å². The molecule has 0 radical (unpaired) electrons. The fourth-order valence-electron chi connectivity index (χ4n) is 1.57.